The number of esters is 1. The smallest absolute Gasteiger partial charge is 0.310 e. The highest BCUT2D eigenvalue weighted by Crippen LogP contribution is 2.34. The fourth-order valence-corrected chi connectivity index (χ4v) is 2.50. The minimum Gasteiger partial charge on any atom is -0.469 e. The molecule has 18 heavy (non-hydrogen) atoms. The fraction of sp³-hybridized carbons (Fsp3) is 0.462. The van der Waals surface area contributed by atoms with Crippen molar-refractivity contribution in [1.29, 1.82) is 0 Å². The minimum atomic E-state index is -0.496. The molecular weight excluding hydrogens is 240 g/mol. The van der Waals surface area contributed by atoms with E-state index in [1.807, 2.05) is 11.9 Å². The lowest BCUT2D eigenvalue weighted by Crippen LogP contribution is -2.23. The zero-order valence-electron chi connectivity index (χ0n) is 10.3. The van der Waals surface area contributed by atoms with Gasteiger partial charge in [0.2, 0.25) is 0 Å². The molecule has 0 saturated carbocycles. The van der Waals surface area contributed by atoms with Crippen LogP contribution in [0.5, 0.6) is 0 Å². The Kier molecular flexibility index (Phi) is 3.61. The van der Waals surface area contributed by atoms with Gasteiger partial charge in [-0.15, -0.1) is 0 Å². The van der Waals surface area contributed by atoms with Crippen molar-refractivity contribution in [2.24, 2.45) is 5.92 Å². The third-order valence-corrected chi connectivity index (χ3v) is 3.36. The molecule has 1 saturated heterocycles. The van der Waals surface area contributed by atoms with Crippen molar-refractivity contribution in [2.75, 3.05) is 27.2 Å². The number of hydrogen-bond acceptors (Lipinski definition) is 3. The van der Waals surface area contributed by atoms with Crippen LogP contribution >= 0.6 is 0 Å². The number of ether oxygens (including phenoxy) is 1. The summed E-state index contributed by atoms with van der Waals surface area (Å²) >= 11 is 0. The van der Waals surface area contributed by atoms with E-state index in [9.17, 15) is 13.6 Å². The van der Waals surface area contributed by atoms with E-state index >= 15 is 0 Å². The molecule has 1 aliphatic heterocycles. The summed E-state index contributed by atoms with van der Waals surface area (Å²) in [5.74, 6) is -2.17. The zero-order valence-corrected chi connectivity index (χ0v) is 10.3. The lowest BCUT2D eigenvalue weighted by atomic mass is 9.88. The number of rotatable bonds is 2. The first-order valence-corrected chi connectivity index (χ1v) is 5.74. The number of likely N-dealkylation sites (tertiary alicyclic amines) is 1. The van der Waals surface area contributed by atoms with Gasteiger partial charge in [-0.3, -0.25) is 4.79 Å². The van der Waals surface area contributed by atoms with Gasteiger partial charge in [-0.1, -0.05) is 0 Å². The number of methoxy groups -OCH3 is 1. The summed E-state index contributed by atoms with van der Waals surface area (Å²) in [4.78, 5) is 13.6. The van der Waals surface area contributed by atoms with Crippen LogP contribution in [0.1, 0.15) is 11.5 Å². The zero-order chi connectivity index (χ0) is 13.3. The first kappa shape index (κ1) is 13.0. The van der Waals surface area contributed by atoms with E-state index in [1.54, 1.807) is 0 Å². The maximum absolute atomic E-state index is 13.8. The number of likely N-dealkylation sites (N-methyl/N-ethyl adjacent to an activating group) is 1. The van der Waals surface area contributed by atoms with Crippen LogP contribution in [0.4, 0.5) is 8.78 Å². The molecule has 0 aromatic heterocycles. The first-order valence-electron chi connectivity index (χ1n) is 5.74. The van der Waals surface area contributed by atoms with Crippen molar-refractivity contribution in [1.82, 2.24) is 4.90 Å². The highest BCUT2D eigenvalue weighted by molar-refractivity contribution is 5.74. The average molecular weight is 255 g/mol. The molecule has 0 bridgehead atoms. The van der Waals surface area contributed by atoms with E-state index in [-0.39, 0.29) is 17.5 Å². The predicted molar refractivity (Wildman–Crippen MR) is 62.1 cm³/mol. The Morgan fingerprint density at radius 2 is 2.11 bits per heavy atom. The number of halogens is 2. The Balaban J connectivity index is 2.35. The van der Waals surface area contributed by atoms with Crippen LogP contribution in [-0.4, -0.2) is 38.1 Å². The van der Waals surface area contributed by atoms with E-state index in [1.165, 1.54) is 7.11 Å². The predicted octanol–water partition coefficient (Wildman–Crippen LogP) is 1.78. The summed E-state index contributed by atoms with van der Waals surface area (Å²) in [6.07, 6.45) is 0. The van der Waals surface area contributed by atoms with Gasteiger partial charge in [-0.25, -0.2) is 8.78 Å². The summed E-state index contributed by atoms with van der Waals surface area (Å²) in [5, 5.41) is 0. The largest absolute Gasteiger partial charge is 0.469 e. The standard InChI is InChI=1S/C13H15F2NO2/c1-16-6-10(11(7-16)13(17)18-2)9-5-8(14)3-4-12(9)15/h3-5,10-11H,6-7H2,1-2H3. The third-order valence-electron chi connectivity index (χ3n) is 3.36. The molecule has 0 amide bonds. The van der Waals surface area contributed by atoms with E-state index < -0.39 is 17.6 Å². The third kappa shape index (κ3) is 2.36. The van der Waals surface area contributed by atoms with Gasteiger partial charge < -0.3 is 9.64 Å². The van der Waals surface area contributed by atoms with Gasteiger partial charge >= 0.3 is 5.97 Å². The van der Waals surface area contributed by atoms with Crippen molar-refractivity contribution >= 4 is 5.97 Å². The molecule has 0 radical (unpaired) electrons. The summed E-state index contributed by atoms with van der Waals surface area (Å²) in [6.45, 7) is 1.01. The van der Waals surface area contributed by atoms with E-state index in [2.05, 4.69) is 0 Å². The maximum Gasteiger partial charge on any atom is 0.310 e. The molecule has 0 N–H and O–H groups in total. The van der Waals surface area contributed by atoms with Crippen LogP contribution in [0.25, 0.3) is 0 Å². The van der Waals surface area contributed by atoms with Crippen LogP contribution in [0.3, 0.4) is 0 Å². The molecule has 2 unspecified atom stereocenters. The molecule has 5 heteroatoms. The van der Waals surface area contributed by atoms with Gasteiger partial charge in [-0.2, -0.15) is 0 Å². The topological polar surface area (TPSA) is 29.5 Å². The Labute approximate surface area is 104 Å². The van der Waals surface area contributed by atoms with Gasteiger partial charge in [0.25, 0.3) is 0 Å². The molecule has 0 spiro atoms. The van der Waals surface area contributed by atoms with Gasteiger partial charge in [0.05, 0.1) is 13.0 Å². The second kappa shape index (κ2) is 5.02. The van der Waals surface area contributed by atoms with Crippen molar-refractivity contribution in [3.05, 3.63) is 35.4 Å². The number of nitrogens with zero attached hydrogens (tertiary/aromatic N) is 1. The van der Waals surface area contributed by atoms with Crippen LogP contribution in [-0.2, 0) is 9.53 Å². The summed E-state index contributed by atoms with van der Waals surface area (Å²) in [7, 11) is 3.15. The minimum absolute atomic E-state index is 0.245. The molecule has 1 aromatic rings. The Morgan fingerprint density at radius 3 is 2.78 bits per heavy atom. The molecule has 3 nitrogen and oxygen atoms in total. The molecular formula is C13H15F2NO2. The molecule has 1 aromatic carbocycles. The van der Waals surface area contributed by atoms with Crippen LogP contribution in [0.2, 0.25) is 0 Å². The summed E-state index contributed by atoms with van der Waals surface area (Å²) < 4.78 is 31.7. The lowest BCUT2D eigenvalue weighted by Gasteiger charge is -2.17. The van der Waals surface area contributed by atoms with Gasteiger partial charge in [0.15, 0.2) is 0 Å². The summed E-state index contributed by atoms with van der Waals surface area (Å²) in [6, 6.07) is 3.33. The normalized spacial score (nSPS) is 24.2. The molecule has 1 fully saturated rings. The van der Waals surface area contributed by atoms with Gasteiger partial charge in [0, 0.05) is 19.0 Å². The SMILES string of the molecule is COC(=O)C1CN(C)CC1c1cc(F)ccc1F. The Morgan fingerprint density at radius 1 is 1.39 bits per heavy atom. The van der Waals surface area contributed by atoms with Crippen molar-refractivity contribution in [3.63, 3.8) is 0 Å². The molecule has 2 rings (SSSR count). The van der Waals surface area contributed by atoms with E-state index in [0.29, 0.717) is 13.1 Å². The highest BCUT2D eigenvalue weighted by atomic mass is 19.1. The van der Waals surface area contributed by atoms with Crippen LogP contribution in [0, 0.1) is 17.6 Å². The Bertz CT molecular complexity index is 464. The number of carbonyl (C=O) groups excluding carboxylic acids is 1. The fourth-order valence-electron chi connectivity index (χ4n) is 2.50. The average Bonchev–Trinajstić information content (AvgIpc) is 2.73. The second-order valence-electron chi connectivity index (χ2n) is 4.62. The highest BCUT2D eigenvalue weighted by Gasteiger charge is 2.39. The molecule has 98 valence electrons. The van der Waals surface area contributed by atoms with Crippen LogP contribution < -0.4 is 0 Å². The van der Waals surface area contributed by atoms with Gasteiger partial charge in [0.1, 0.15) is 11.6 Å². The quantitative estimate of drug-likeness (QED) is 0.754. The van der Waals surface area contributed by atoms with Crippen molar-refractivity contribution < 1.29 is 18.3 Å². The van der Waals surface area contributed by atoms with E-state index in [4.69, 9.17) is 4.74 Å². The monoisotopic (exact) mass is 255 g/mol. The van der Waals surface area contributed by atoms with Crippen molar-refractivity contribution in [3.8, 4) is 0 Å². The molecule has 1 aliphatic rings. The summed E-state index contributed by atoms with van der Waals surface area (Å²) in [5.41, 5.74) is 0.245. The number of hydrogen-bond donors (Lipinski definition) is 0. The molecule has 0 aliphatic carbocycles. The van der Waals surface area contributed by atoms with E-state index in [0.717, 1.165) is 18.2 Å². The van der Waals surface area contributed by atoms with Crippen molar-refractivity contribution in [2.45, 2.75) is 5.92 Å². The Hall–Kier alpha value is -1.49. The molecule has 1 heterocycles. The van der Waals surface area contributed by atoms with Crippen LogP contribution in [0.15, 0.2) is 18.2 Å². The maximum atomic E-state index is 13.8. The molecule has 2 atom stereocenters. The second-order valence-corrected chi connectivity index (χ2v) is 4.62. The number of carbonyl (C=O) groups is 1. The lowest BCUT2D eigenvalue weighted by molar-refractivity contribution is -0.145. The first-order chi connectivity index (χ1) is 8.52. The van der Waals surface area contributed by atoms with Gasteiger partial charge in [-0.05, 0) is 30.8 Å². The number of benzene rings is 1.